The molecule has 0 saturated heterocycles. The van der Waals surface area contributed by atoms with Crippen LogP contribution in [-0.4, -0.2) is 32.0 Å². The fraction of sp³-hybridized carbons (Fsp3) is 0.0833. The molecule has 0 aliphatic rings. The maximum Gasteiger partial charge on any atom is 0.387 e. The van der Waals surface area contributed by atoms with E-state index in [0.717, 1.165) is 5.56 Å². The van der Waals surface area contributed by atoms with E-state index >= 15 is 0 Å². The molecule has 1 amide bonds. The van der Waals surface area contributed by atoms with E-state index in [1.807, 2.05) is 19.1 Å². The number of hydrogen-bond acceptors (Lipinski definition) is 7. The molecule has 0 spiro atoms. The van der Waals surface area contributed by atoms with Gasteiger partial charge in [-0.05, 0) is 48.9 Å². The summed E-state index contributed by atoms with van der Waals surface area (Å²) in [5.41, 5.74) is 4.49. The summed E-state index contributed by atoms with van der Waals surface area (Å²) < 4.78 is 35.4. The number of pyridine rings is 1. The summed E-state index contributed by atoms with van der Waals surface area (Å²) >= 11 is 0. The molecule has 3 aromatic heterocycles. The van der Waals surface area contributed by atoms with Crippen molar-refractivity contribution in [2.24, 2.45) is 0 Å². The Morgan fingerprint density at radius 2 is 1.89 bits per heavy atom. The average Bonchev–Trinajstić information content (AvgIpc) is 3.52. The molecule has 0 aliphatic carbocycles. The lowest BCUT2D eigenvalue weighted by molar-refractivity contribution is -0.0498. The first-order chi connectivity index (χ1) is 17.0. The number of nitrogens with one attached hydrogen (secondary N) is 2. The smallest absolute Gasteiger partial charge is 0.387 e. The maximum absolute atomic E-state index is 13.0. The van der Waals surface area contributed by atoms with E-state index < -0.39 is 6.61 Å². The maximum atomic E-state index is 13.0. The van der Waals surface area contributed by atoms with Gasteiger partial charge in [0, 0.05) is 34.9 Å². The van der Waals surface area contributed by atoms with Crippen LogP contribution in [-0.2, 0) is 0 Å². The zero-order chi connectivity index (χ0) is 24.4. The van der Waals surface area contributed by atoms with Gasteiger partial charge in [0.25, 0.3) is 5.91 Å². The zero-order valence-electron chi connectivity index (χ0n) is 18.3. The number of carbonyl (C=O) groups is 1. The van der Waals surface area contributed by atoms with Crippen molar-refractivity contribution in [2.45, 2.75) is 13.5 Å². The van der Waals surface area contributed by atoms with Crippen LogP contribution in [0.1, 0.15) is 16.1 Å². The lowest BCUT2D eigenvalue weighted by Crippen LogP contribution is -2.15. The molecule has 5 rings (SSSR count). The predicted molar refractivity (Wildman–Crippen MR) is 124 cm³/mol. The first kappa shape index (κ1) is 22.0. The molecule has 35 heavy (non-hydrogen) atoms. The Bertz CT molecular complexity index is 1480. The highest BCUT2D eigenvalue weighted by Gasteiger charge is 2.15. The molecule has 0 bridgehead atoms. The first-order valence-corrected chi connectivity index (χ1v) is 10.4. The van der Waals surface area contributed by atoms with Crippen LogP contribution >= 0.6 is 0 Å². The Morgan fingerprint density at radius 1 is 1.06 bits per heavy atom. The topological polar surface area (TPSA) is 107 Å². The van der Waals surface area contributed by atoms with Crippen LogP contribution in [0.2, 0.25) is 0 Å². The Labute approximate surface area is 197 Å². The van der Waals surface area contributed by atoms with Crippen molar-refractivity contribution in [3.8, 4) is 17.1 Å². The molecule has 0 unspecified atom stereocenters. The summed E-state index contributed by atoms with van der Waals surface area (Å²) in [6.07, 6.45) is 4.45. The molecule has 0 radical (unpaired) electrons. The number of amides is 1. The number of aromatic nitrogens is 4. The van der Waals surface area contributed by atoms with E-state index in [1.165, 1.54) is 24.7 Å². The number of fused-ring (bicyclic) bond motifs is 1. The van der Waals surface area contributed by atoms with Gasteiger partial charge in [0.05, 0.1) is 6.20 Å². The first-order valence-electron chi connectivity index (χ1n) is 10.4. The van der Waals surface area contributed by atoms with Gasteiger partial charge in [0.15, 0.2) is 0 Å². The van der Waals surface area contributed by atoms with E-state index in [4.69, 9.17) is 4.52 Å². The van der Waals surface area contributed by atoms with Crippen LogP contribution < -0.4 is 15.4 Å². The van der Waals surface area contributed by atoms with Gasteiger partial charge in [0.1, 0.15) is 17.1 Å². The number of carbonyl (C=O) groups excluding carboxylic acids is 1. The molecule has 2 N–H and O–H groups in total. The summed E-state index contributed by atoms with van der Waals surface area (Å²) in [5.74, 6) is 0.163. The quantitative estimate of drug-likeness (QED) is 0.329. The van der Waals surface area contributed by atoms with Crippen LogP contribution in [0, 0.1) is 6.92 Å². The van der Waals surface area contributed by atoms with Gasteiger partial charge in [-0.1, -0.05) is 17.3 Å². The number of imidazole rings is 1. The number of benzene rings is 2. The second-order valence-electron chi connectivity index (χ2n) is 7.55. The standard InChI is InChI=1S/C24H18F2N6O3/c1-14-2-3-15(22-28-13-34-31-22)10-19(14)30-23(33)20-12-27-21-11-17(8-9-32(20)21)29-16-4-6-18(7-5-16)35-24(25)26/h2-13,24,29H,1H3,(H,30,33). The molecule has 3 heterocycles. The summed E-state index contributed by atoms with van der Waals surface area (Å²) in [4.78, 5) is 21.4. The van der Waals surface area contributed by atoms with Gasteiger partial charge in [-0.2, -0.15) is 13.8 Å². The Morgan fingerprint density at radius 3 is 2.63 bits per heavy atom. The normalized spacial score (nSPS) is 11.1. The number of anilines is 3. The molecular weight excluding hydrogens is 458 g/mol. The third-order valence-corrected chi connectivity index (χ3v) is 5.22. The van der Waals surface area contributed by atoms with Crippen molar-refractivity contribution in [1.82, 2.24) is 19.5 Å². The van der Waals surface area contributed by atoms with Gasteiger partial charge < -0.3 is 19.9 Å². The number of aryl methyl sites for hydroxylation is 1. The molecule has 11 heteroatoms. The number of nitrogens with zero attached hydrogens (tertiary/aromatic N) is 4. The monoisotopic (exact) mass is 476 g/mol. The van der Waals surface area contributed by atoms with Crippen LogP contribution in [0.3, 0.4) is 0 Å². The largest absolute Gasteiger partial charge is 0.435 e. The van der Waals surface area contributed by atoms with Crippen molar-refractivity contribution in [2.75, 3.05) is 10.6 Å². The molecule has 176 valence electrons. The molecule has 0 atom stereocenters. The molecule has 5 aromatic rings. The highest BCUT2D eigenvalue weighted by Crippen LogP contribution is 2.25. The van der Waals surface area contributed by atoms with Crippen LogP contribution in [0.25, 0.3) is 17.0 Å². The van der Waals surface area contributed by atoms with Crippen molar-refractivity contribution < 1.29 is 22.8 Å². The lowest BCUT2D eigenvalue weighted by atomic mass is 10.1. The van der Waals surface area contributed by atoms with Gasteiger partial charge in [0.2, 0.25) is 12.2 Å². The number of hydrogen-bond donors (Lipinski definition) is 2. The van der Waals surface area contributed by atoms with Crippen molar-refractivity contribution in [3.05, 3.63) is 84.6 Å². The fourth-order valence-electron chi connectivity index (χ4n) is 3.49. The van der Waals surface area contributed by atoms with Gasteiger partial charge >= 0.3 is 6.61 Å². The van der Waals surface area contributed by atoms with E-state index in [2.05, 4.69) is 30.5 Å². The third kappa shape index (κ3) is 4.78. The van der Waals surface area contributed by atoms with Gasteiger partial charge in [-0.15, -0.1) is 0 Å². The van der Waals surface area contributed by atoms with Crippen LogP contribution in [0.5, 0.6) is 5.75 Å². The second-order valence-corrected chi connectivity index (χ2v) is 7.55. The minimum absolute atomic E-state index is 0.0722. The fourth-order valence-corrected chi connectivity index (χ4v) is 3.49. The summed E-state index contributed by atoms with van der Waals surface area (Å²) in [5, 5.41) is 9.90. The SMILES string of the molecule is Cc1ccc(-c2ncon2)cc1NC(=O)c1cnc2cc(Nc3ccc(OC(F)F)cc3)ccn12. The average molecular weight is 476 g/mol. The Hall–Kier alpha value is -4.80. The Kier molecular flexibility index (Phi) is 5.80. The van der Waals surface area contributed by atoms with E-state index in [-0.39, 0.29) is 11.7 Å². The van der Waals surface area contributed by atoms with Crippen molar-refractivity contribution in [1.29, 1.82) is 0 Å². The zero-order valence-corrected chi connectivity index (χ0v) is 18.3. The van der Waals surface area contributed by atoms with Crippen LogP contribution in [0.4, 0.5) is 25.8 Å². The third-order valence-electron chi connectivity index (χ3n) is 5.22. The molecule has 0 fully saturated rings. The molecular formula is C24H18F2N6O3. The number of rotatable bonds is 7. The molecule has 0 saturated carbocycles. The minimum Gasteiger partial charge on any atom is -0.435 e. The van der Waals surface area contributed by atoms with E-state index in [0.29, 0.717) is 39.8 Å². The van der Waals surface area contributed by atoms with Gasteiger partial charge in [-0.25, -0.2) is 4.98 Å². The number of ether oxygens (including phenoxy) is 1. The second kappa shape index (κ2) is 9.21. The summed E-state index contributed by atoms with van der Waals surface area (Å²) in [6.45, 7) is -0.991. The number of halogens is 2. The summed E-state index contributed by atoms with van der Waals surface area (Å²) in [7, 11) is 0. The summed E-state index contributed by atoms with van der Waals surface area (Å²) in [6, 6.07) is 15.2. The lowest BCUT2D eigenvalue weighted by Gasteiger charge is -2.10. The highest BCUT2D eigenvalue weighted by molar-refractivity contribution is 6.04. The van der Waals surface area contributed by atoms with E-state index in [1.54, 1.807) is 40.9 Å². The van der Waals surface area contributed by atoms with Crippen molar-refractivity contribution >= 4 is 28.6 Å². The van der Waals surface area contributed by atoms with E-state index in [9.17, 15) is 13.6 Å². The molecule has 2 aromatic carbocycles. The Balaban J connectivity index is 1.33. The predicted octanol–water partition coefficient (Wildman–Crippen LogP) is 5.29. The van der Waals surface area contributed by atoms with Crippen molar-refractivity contribution in [3.63, 3.8) is 0 Å². The van der Waals surface area contributed by atoms with Gasteiger partial charge in [-0.3, -0.25) is 9.20 Å². The minimum atomic E-state index is -2.87. The molecule has 0 aliphatic heterocycles. The number of alkyl halides is 2. The van der Waals surface area contributed by atoms with Crippen LogP contribution in [0.15, 0.2) is 77.9 Å². The molecule has 9 nitrogen and oxygen atoms in total. The highest BCUT2D eigenvalue weighted by atomic mass is 19.3.